The molecule has 3 N–H and O–H groups in total. The molecule has 0 saturated heterocycles. The van der Waals surface area contributed by atoms with Crippen LogP contribution >= 0.6 is 0 Å². The number of carboxylic acid groups (broad SMARTS) is 1. The second-order valence-electron chi connectivity index (χ2n) is 2.75. The molecule has 2 amide bonds. The van der Waals surface area contributed by atoms with Crippen molar-refractivity contribution in [1.82, 2.24) is 15.6 Å². The Kier molecular flexibility index (Phi) is 4.08. The number of carbonyl (C=O) groups is 2. The normalized spacial score (nSPS) is 9.33. The third-order valence-electron chi connectivity index (χ3n) is 1.56. The third-order valence-corrected chi connectivity index (χ3v) is 1.56. The molecule has 0 saturated carbocycles. The first-order chi connectivity index (χ1) is 7.18. The molecule has 0 radical (unpaired) electrons. The standard InChI is InChI=1S/C9H11N3O3/c13-8(14)6-12-9(15)11-5-7-3-1-2-4-10-7/h1-4H,5-6H2,(H,13,14)(H2,11,12,15). The van der Waals surface area contributed by atoms with Crippen LogP contribution in [0.3, 0.4) is 0 Å². The molecular weight excluding hydrogens is 198 g/mol. The minimum atomic E-state index is -1.08. The Morgan fingerprint density at radius 1 is 1.33 bits per heavy atom. The summed E-state index contributed by atoms with van der Waals surface area (Å²) >= 11 is 0. The molecule has 0 unspecified atom stereocenters. The van der Waals surface area contributed by atoms with Crippen molar-refractivity contribution in [3.8, 4) is 0 Å². The lowest BCUT2D eigenvalue weighted by Crippen LogP contribution is -2.38. The number of amides is 2. The minimum absolute atomic E-state index is 0.270. The maximum absolute atomic E-state index is 11.0. The van der Waals surface area contributed by atoms with E-state index in [1.54, 1.807) is 24.4 Å². The fourth-order valence-electron chi connectivity index (χ4n) is 0.892. The van der Waals surface area contributed by atoms with Crippen LogP contribution in [0.2, 0.25) is 0 Å². The zero-order valence-corrected chi connectivity index (χ0v) is 7.93. The van der Waals surface area contributed by atoms with E-state index in [0.717, 1.165) is 0 Å². The largest absolute Gasteiger partial charge is 0.480 e. The predicted molar refractivity (Wildman–Crippen MR) is 52.1 cm³/mol. The van der Waals surface area contributed by atoms with Gasteiger partial charge in [-0.2, -0.15) is 0 Å². The van der Waals surface area contributed by atoms with Gasteiger partial charge in [-0.25, -0.2) is 4.79 Å². The molecule has 0 aromatic carbocycles. The molecule has 1 aromatic rings. The first-order valence-corrected chi connectivity index (χ1v) is 4.32. The van der Waals surface area contributed by atoms with Crippen LogP contribution in [0, 0.1) is 0 Å². The monoisotopic (exact) mass is 209 g/mol. The zero-order valence-electron chi connectivity index (χ0n) is 7.93. The van der Waals surface area contributed by atoms with Crippen LogP contribution in [0.4, 0.5) is 4.79 Å². The number of urea groups is 1. The van der Waals surface area contributed by atoms with Crippen LogP contribution < -0.4 is 10.6 Å². The maximum atomic E-state index is 11.0. The number of carboxylic acids is 1. The van der Waals surface area contributed by atoms with Gasteiger partial charge in [0.05, 0.1) is 12.2 Å². The fourth-order valence-corrected chi connectivity index (χ4v) is 0.892. The summed E-state index contributed by atoms with van der Waals surface area (Å²) in [5.41, 5.74) is 0.711. The van der Waals surface area contributed by atoms with E-state index < -0.39 is 18.5 Å². The van der Waals surface area contributed by atoms with Gasteiger partial charge in [-0.1, -0.05) is 6.07 Å². The van der Waals surface area contributed by atoms with Gasteiger partial charge < -0.3 is 15.7 Å². The zero-order chi connectivity index (χ0) is 11.1. The molecule has 1 aromatic heterocycles. The van der Waals surface area contributed by atoms with Crippen molar-refractivity contribution >= 4 is 12.0 Å². The summed E-state index contributed by atoms with van der Waals surface area (Å²) in [6, 6.07) is 4.81. The summed E-state index contributed by atoms with van der Waals surface area (Å²) in [4.78, 5) is 25.1. The number of nitrogens with one attached hydrogen (secondary N) is 2. The van der Waals surface area contributed by atoms with Gasteiger partial charge in [-0.3, -0.25) is 9.78 Å². The van der Waals surface area contributed by atoms with E-state index in [2.05, 4.69) is 15.6 Å². The lowest BCUT2D eigenvalue weighted by Gasteiger charge is -2.04. The van der Waals surface area contributed by atoms with E-state index in [9.17, 15) is 9.59 Å². The quantitative estimate of drug-likeness (QED) is 0.649. The molecule has 80 valence electrons. The fraction of sp³-hybridized carbons (Fsp3) is 0.222. The summed E-state index contributed by atoms with van der Waals surface area (Å²) in [6.07, 6.45) is 1.62. The number of hydrogen-bond acceptors (Lipinski definition) is 3. The molecule has 0 aliphatic rings. The van der Waals surface area contributed by atoms with E-state index in [-0.39, 0.29) is 6.54 Å². The van der Waals surface area contributed by atoms with Crippen molar-refractivity contribution in [3.05, 3.63) is 30.1 Å². The molecular formula is C9H11N3O3. The maximum Gasteiger partial charge on any atom is 0.323 e. The molecule has 0 fully saturated rings. The van der Waals surface area contributed by atoms with Gasteiger partial charge in [0.25, 0.3) is 0 Å². The minimum Gasteiger partial charge on any atom is -0.480 e. The van der Waals surface area contributed by atoms with Gasteiger partial charge in [0, 0.05) is 6.20 Å². The van der Waals surface area contributed by atoms with Crippen molar-refractivity contribution < 1.29 is 14.7 Å². The van der Waals surface area contributed by atoms with Crippen LogP contribution in [0.25, 0.3) is 0 Å². The number of pyridine rings is 1. The van der Waals surface area contributed by atoms with Gasteiger partial charge >= 0.3 is 12.0 Å². The summed E-state index contributed by atoms with van der Waals surface area (Å²) in [6.45, 7) is -0.125. The number of aromatic nitrogens is 1. The van der Waals surface area contributed by atoms with Gasteiger partial charge in [0.1, 0.15) is 6.54 Å². The Labute approximate surface area is 86.3 Å². The highest BCUT2D eigenvalue weighted by molar-refractivity contribution is 5.79. The third kappa shape index (κ3) is 4.61. The second-order valence-corrected chi connectivity index (χ2v) is 2.75. The van der Waals surface area contributed by atoms with E-state index >= 15 is 0 Å². The number of hydrogen-bond donors (Lipinski definition) is 3. The van der Waals surface area contributed by atoms with Crippen molar-refractivity contribution in [2.24, 2.45) is 0 Å². The Hall–Kier alpha value is -2.11. The predicted octanol–water partition coefficient (Wildman–Crippen LogP) is -0.0346. The van der Waals surface area contributed by atoms with E-state index in [4.69, 9.17) is 5.11 Å². The van der Waals surface area contributed by atoms with Crippen LogP contribution in [0.1, 0.15) is 5.69 Å². The Balaban J connectivity index is 2.26. The first kappa shape index (κ1) is 11.0. The topological polar surface area (TPSA) is 91.3 Å². The van der Waals surface area contributed by atoms with Crippen molar-refractivity contribution in [2.45, 2.75) is 6.54 Å². The average molecular weight is 209 g/mol. The second kappa shape index (κ2) is 5.58. The Morgan fingerprint density at radius 3 is 2.73 bits per heavy atom. The van der Waals surface area contributed by atoms with Crippen LogP contribution in [0.15, 0.2) is 24.4 Å². The summed E-state index contributed by atoms with van der Waals surface area (Å²) in [5.74, 6) is -1.08. The molecule has 6 nitrogen and oxygen atoms in total. The smallest absolute Gasteiger partial charge is 0.323 e. The lowest BCUT2D eigenvalue weighted by molar-refractivity contribution is -0.135. The number of aliphatic carboxylic acids is 1. The van der Waals surface area contributed by atoms with Gasteiger partial charge in [-0.15, -0.1) is 0 Å². The van der Waals surface area contributed by atoms with Gasteiger partial charge in [0.15, 0.2) is 0 Å². The highest BCUT2D eigenvalue weighted by Crippen LogP contribution is 1.91. The summed E-state index contributed by atoms with van der Waals surface area (Å²) in [5, 5.41) is 12.9. The molecule has 0 spiro atoms. The van der Waals surface area contributed by atoms with E-state index in [1.807, 2.05) is 0 Å². The first-order valence-electron chi connectivity index (χ1n) is 4.32. The van der Waals surface area contributed by atoms with E-state index in [1.165, 1.54) is 0 Å². The Bertz CT molecular complexity index is 340. The lowest BCUT2D eigenvalue weighted by atomic mass is 10.3. The van der Waals surface area contributed by atoms with Crippen molar-refractivity contribution in [3.63, 3.8) is 0 Å². The Morgan fingerprint density at radius 2 is 2.13 bits per heavy atom. The molecule has 0 aliphatic heterocycles. The van der Waals surface area contributed by atoms with Crippen LogP contribution in [-0.2, 0) is 11.3 Å². The SMILES string of the molecule is O=C(O)CNC(=O)NCc1ccccn1. The highest BCUT2D eigenvalue weighted by atomic mass is 16.4. The van der Waals surface area contributed by atoms with Crippen molar-refractivity contribution in [1.29, 1.82) is 0 Å². The molecule has 15 heavy (non-hydrogen) atoms. The molecule has 1 rings (SSSR count). The number of nitrogens with zero attached hydrogens (tertiary/aromatic N) is 1. The highest BCUT2D eigenvalue weighted by Gasteiger charge is 2.02. The summed E-state index contributed by atoms with van der Waals surface area (Å²) < 4.78 is 0. The van der Waals surface area contributed by atoms with Gasteiger partial charge in [-0.05, 0) is 12.1 Å². The average Bonchev–Trinajstić information content (AvgIpc) is 2.25. The van der Waals surface area contributed by atoms with Crippen LogP contribution in [0.5, 0.6) is 0 Å². The summed E-state index contributed by atoms with van der Waals surface area (Å²) in [7, 11) is 0. The van der Waals surface area contributed by atoms with Crippen LogP contribution in [-0.4, -0.2) is 28.6 Å². The molecule has 6 heteroatoms. The van der Waals surface area contributed by atoms with Gasteiger partial charge in [0.2, 0.25) is 0 Å². The molecule has 0 atom stereocenters. The number of carbonyl (C=O) groups excluding carboxylic acids is 1. The molecule has 0 aliphatic carbocycles. The molecule has 0 bridgehead atoms. The van der Waals surface area contributed by atoms with Crippen molar-refractivity contribution in [2.75, 3.05) is 6.54 Å². The molecule has 1 heterocycles. The van der Waals surface area contributed by atoms with E-state index in [0.29, 0.717) is 5.69 Å². The number of rotatable bonds is 4.